The molecule has 0 aliphatic rings. The highest BCUT2D eigenvalue weighted by atomic mass is 16.5. The Morgan fingerprint density at radius 2 is 1.95 bits per heavy atom. The number of esters is 1. The monoisotopic (exact) mass is 274 g/mol. The molecule has 1 atom stereocenters. The van der Waals surface area contributed by atoms with Crippen LogP contribution in [-0.2, 0) is 9.53 Å². The van der Waals surface area contributed by atoms with Gasteiger partial charge in [-0.05, 0) is 17.9 Å². The van der Waals surface area contributed by atoms with E-state index in [2.05, 4.69) is 27.0 Å². The van der Waals surface area contributed by atoms with Gasteiger partial charge in [0.25, 0.3) is 0 Å². The van der Waals surface area contributed by atoms with Crippen LogP contribution < -0.4 is 0 Å². The first kappa shape index (κ1) is 18.2. The normalized spacial score (nSPS) is 10.7. The minimum atomic E-state index is -0.321. The van der Waals surface area contributed by atoms with Crippen LogP contribution in [0.1, 0.15) is 38.7 Å². The van der Waals surface area contributed by atoms with Crippen LogP contribution in [-0.4, -0.2) is 12.6 Å². The molecular formula is C18H26O2. The Kier molecular flexibility index (Phi) is 11.1. The first-order chi connectivity index (χ1) is 9.63. The van der Waals surface area contributed by atoms with Gasteiger partial charge >= 0.3 is 5.97 Å². The van der Waals surface area contributed by atoms with Crippen molar-refractivity contribution in [2.24, 2.45) is 5.92 Å². The van der Waals surface area contributed by atoms with Crippen LogP contribution in [0, 0.1) is 5.92 Å². The summed E-state index contributed by atoms with van der Waals surface area (Å²) in [7, 11) is 0. The van der Waals surface area contributed by atoms with Crippen molar-refractivity contribution in [3.05, 3.63) is 55.1 Å². The van der Waals surface area contributed by atoms with Gasteiger partial charge in [0.15, 0.2) is 0 Å². The Balaban J connectivity index is 0.000000388. The number of hydrogen-bond acceptors (Lipinski definition) is 2. The molecule has 110 valence electrons. The highest BCUT2D eigenvalue weighted by Crippen LogP contribution is 2.07. The van der Waals surface area contributed by atoms with E-state index in [-0.39, 0.29) is 5.97 Å². The van der Waals surface area contributed by atoms with Gasteiger partial charge in [0.1, 0.15) is 0 Å². The fourth-order valence-electron chi connectivity index (χ4n) is 1.51. The summed E-state index contributed by atoms with van der Waals surface area (Å²) in [6.45, 7) is 11.7. The second-order valence-corrected chi connectivity index (χ2v) is 4.70. The third-order valence-corrected chi connectivity index (χ3v) is 2.76. The Bertz CT molecular complexity index is 382. The largest absolute Gasteiger partial charge is 0.462 e. The number of rotatable bonds is 7. The molecule has 0 N–H and O–H groups in total. The highest BCUT2D eigenvalue weighted by molar-refractivity contribution is 5.81. The maximum Gasteiger partial charge on any atom is 0.330 e. The molecule has 0 radical (unpaired) electrons. The lowest BCUT2D eigenvalue weighted by Crippen LogP contribution is -2.09. The van der Waals surface area contributed by atoms with Crippen LogP contribution in [0.25, 0.3) is 6.08 Å². The topological polar surface area (TPSA) is 26.3 Å². The van der Waals surface area contributed by atoms with Gasteiger partial charge in [0, 0.05) is 6.08 Å². The zero-order valence-corrected chi connectivity index (χ0v) is 12.7. The molecule has 2 nitrogen and oxygen atoms in total. The maximum atomic E-state index is 10.6. The van der Waals surface area contributed by atoms with Crippen molar-refractivity contribution in [3.63, 3.8) is 0 Å². The van der Waals surface area contributed by atoms with Crippen LogP contribution in [0.2, 0.25) is 0 Å². The van der Waals surface area contributed by atoms with E-state index in [1.165, 1.54) is 24.5 Å². The van der Waals surface area contributed by atoms with Crippen molar-refractivity contribution < 1.29 is 9.53 Å². The number of benzene rings is 1. The Morgan fingerprint density at radius 3 is 2.40 bits per heavy atom. The highest BCUT2D eigenvalue weighted by Gasteiger charge is 2.03. The third kappa shape index (κ3) is 10.1. The average molecular weight is 274 g/mol. The van der Waals surface area contributed by atoms with Crippen LogP contribution >= 0.6 is 0 Å². The zero-order valence-electron chi connectivity index (χ0n) is 12.7. The van der Waals surface area contributed by atoms with Crippen molar-refractivity contribution in [2.75, 3.05) is 6.61 Å². The molecule has 0 aromatic heterocycles. The first-order valence-corrected chi connectivity index (χ1v) is 7.10. The average Bonchev–Trinajstić information content (AvgIpc) is 2.51. The molecule has 0 heterocycles. The smallest absolute Gasteiger partial charge is 0.330 e. The van der Waals surface area contributed by atoms with E-state index >= 15 is 0 Å². The van der Waals surface area contributed by atoms with Gasteiger partial charge in [-0.1, -0.05) is 76.3 Å². The van der Waals surface area contributed by atoms with Crippen LogP contribution in [0.4, 0.5) is 0 Å². The maximum absolute atomic E-state index is 10.6. The van der Waals surface area contributed by atoms with E-state index in [1.54, 1.807) is 0 Å². The second-order valence-electron chi connectivity index (χ2n) is 4.70. The summed E-state index contributed by atoms with van der Waals surface area (Å²) < 4.78 is 4.89. The minimum absolute atomic E-state index is 0.321. The number of carbonyl (C=O) groups excluding carboxylic acids is 1. The van der Waals surface area contributed by atoms with Gasteiger partial charge in [-0.15, -0.1) is 0 Å². The predicted octanol–water partition coefficient (Wildman–Crippen LogP) is 4.87. The summed E-state index contributed by atoms with van der Waals surface area (Å²) in [6, 6.07) is 10.0. The fourth-order valence-corrected chi connectivity index (χ4v) is 1.51. The van der Waals surface area contributed by atoms with Gasteiger partial charge in [-0.3, -0.25) is 0 Å². The van der Waals surface area contributed by atoms with E-state index < -0.39 is 0 Å². The molecule has 2 heteroatoms. The van der Waals surface area contributed by atoms with E-state index in [0.717, 1.165) is 6.42 Å². The standard InChI is InChI=1S/C10H18O2.C8H8/c1-4-6-7-9(3)8-12-10(11)5-2;1-2-8-6-4-3-5-7-8/h5,9H,2,4,6-8H2,1,3H3;2-7H,1H2. The van der Waals surface area contributed by atoms with Crippen molar-refractivity contribution in [1.82, 2.24) is 0 Å². The molecule has 0 fully saturated rings. The molecule has 20 heavy (non-hydrogen) atoms. The van der Waals surface area contributed by atoms with Gasteiger partial charge < -0.3 is 4.74 Å². The van der Waals surface area contributed by atoms with Gasteiger partial charge in [0.05, 0.1) is 6.61 Å². The predicted molar refractivity (Wildman–Crippen MR) is 86.4 cm³/mol. The quantitative estimate of drug-likeness (QED) is 0.523. The molecule has 1 rings (SSSR count). The molecule has 0 aliphatic heterocycles. The zero-order chi connectivity index (χ0) is 15.2. The molecule has 0 saturated heterocycles. The molecule has 0 amide bonds. The Hall–Kier alpha value is -1.83. The number of carbonyl (C=O) groups is 1. The lowest BCUT2D eigenvalue weighted by molar-refractivity contribution is -0.138. The van der Waals surface area contributed by atoms with Crippen LogP contribution in [0.3, 0.4) is 0 Å². The lowest BCUT2D eigenvalue weighted by Gasteiger charge is -2.09. The first-order valence-electron chi connectivity index (χ1n) is 7.10. The van der Waals surface area contributed by atoms with Gasteiger partial charge in [0.2, 0.25) is 0 Å². The second kappa shape index (κ2) is 12.2. The molecule has 0 aliphatic carbocycles. The molecule has 1 aromatic carbocycles. The number of hydrogen-bond donors (Lipinski definition) is 0. The number of ether oxygens (including phenoxy) is 1. The van der Waals surface area contributed by atoms with E-state index in [4.69, 9.17) is 4.74 Å². The molecule has 0 bridgehead atoms. The summed E-state index contributed by atoms with van der Waals surface area (Å²) in [5.41, 5.74) is 1.17. The molecule has 1 aromatic rings. The van der Waals surface area contributed by atoms with Crippen molar-refractivity contribution >= 4 is 12.0 Å². The fraction of sp³-hybridized carbons (Fsp3) is 0.389. The SMILES string of the molecule is C=CC(=O)OCC(C)CCCC.C=Cc1ccccc1. The Morgan fingerprint density at radius 1 is 1.30 bits per heavy atom. The summed E-state index contributed by atoms with van der Waals surface area (Å²) in [6.07, 6.45) is 6.56. The number of unbranched alkanes of at least 4 members (excludes halogenated alkanes) is 1. The van der Waals surface area contributed by atoms with Crippen LogP contribution in [0.5, 0.6) is 0 Å². The summed E-state index contributed by atoms with van der Waals surface area (Å²) in [5.74, 6) is 0.146. The van der Waals surface area contributed by atoms with Gasteiger partial charge in [-0.25, -0.2) is 4.79 Å². The molecular weight excluding hydrogens is 248 g/mol. The van der Waals surface area contributed by atoms with Gasteiger partial charge in [-0.2, -0.15) is 0 Å². The summed E-state index contributed by atoms with van der Waals surface area (Å²) in [4.78, 5) is 10.6. The molecule has 0 spiro atoms. The van der Waals surface area contributed by atoms with E-state index in [9.17, 15) is 4.79 Å². The summed E-state index contributed by atoms with van der Waals surface area (Å²) >= 11 is 0. The Labute approximate surface area is 123 Å². The van der Waals surface area contributed by atoms with Crippen LogP contribution in [0.15, 0.2) is 49.6 Å². The lowest BCUT2D eigenvalue weighted by atomic mass is 10.1. The van der Waals surface area contributed by atoms with E-state index in [1.807, 2.05) is 36.4 Å². The molecule has 1 unspecified atom stereocenters. The molecule has 0 saturated carbocycles. The third-order valence-electron chi connectivity index (χ3n) is 2.76. The van der Waals surface area contributed by atoms with E-state index in [0.29, 0.717) is 12.5 Å². The summed E-state index contributed by atoms with van der Waals surface area (Å²) in [5, 5.41) is 0. The minimum Gasteiger partial charge on any atom is -0.462 e. The van der Waals surface area contributed by atoms with Crippen molar-refractivity contribution in [3.8, 4) is 0 Å². The van der Waals surface area contributed by atoms with Crippen molar-refractivity contribution in [2.45, 2.75) is 33.1 Å². The van der Waals surface area contributed by atoms with Crippen molar-refractivity contribution in [1.29, 1.82) is 0 Å².